The number of amides is 1. The highest BCUT2D eigenvalue weighted by Gasteiger charge is 2.08. The van der Waals surface area contributed by atoms with E-state index < -0.39 is 0 Å². The van der Waals surface area contributed by atoms with Crippen molar-refractivity contribution in [2.24, 2.45) is 0 Å². The van der Waals surface area contributed by atoms with Crippen LogP contribution in [-0.2, 0) is 11.2 Å². The highest BCUT2D eigenvalue weighted by molar-refractivity contribution is 7.13. The van der Waals surface area contributed by atoms with Crippen molar-refractivity contribution >= 4 is 28.1 Å². The summed E-state index contributed by atoms with van der Waals surface area (Å²) in [5.41, 5.74) is 4.01. The second kappa shape index (κ2) is 5.84. The van der Waals surface area contributed by atoms with Crippen LogP contribution in [0.1, 0.15) is 16.8 Å². The van der Waals surface area contributed by atoms with E-state index in [0.29, 0.717) is 6.42 Å². The van der Waals surface area contributed by atoms with E-state index in [-0.39, 0.29) is 5.91 Å². The number of nitrogens with one attached hydrogen (secondary N) is 2. The highest BCUT2D eigenvalue weighted by Crippen LogP contribution is 2.17. The quantitative estimate of drug-likeness (QED) is 0.902. The summed E-state index contributed by atoms with van der Waals surface area (Å²) >= 11 is 1.50. The molecule has 1 amide bonds. The van der Waals surface area contributed by atoms with Crippen molar-refractivity contribution < 1.29 is 4.79 Å². The number of aryl methyl sites for hydroxylation is 2. The molecule has 1 aromatic heterocycles. The number of benzene rings is 1. The Bertz CT molecular complexity index is 592. The van der Waals surface area contributed by atoms with Gasteiger partial charge in [0, 0.05) is 18.1 Å². The first-order valence-corrected chi connectivity index (χ1v) is 6.95. The van der Waals surface area contributed by atoms with E-state index in [4.69, 9.17) is 0 Å². The number of rotatable bonds is 4. The van der Waals surface area contributed by atoms with Crippen molar-refractivity contribution in [3.05, 3.63) is 40.4 Å². The molecular weight excluding hydrogens is 258 g/mol. The molecule has 0 saturated carbocycles. The van der Waals surface area contributed by atoms with Crippen LogP contribution in [0.5, 0.6) is 0 Å². The van der Waals surface area contributed by atoms with Crippen molar-refractivity contribution in [2.45, 2.75) is 20.3 Å². The maximum absolute atomic E-state index is 11.9. The Morgan fingerprint density at radius 1 is 1.32 bits per heavy atom. The van der Waals surface area contributed by atoms with Crippen molar-refractivity contribution in [1.29, 1.82) is 0 Å². The first kappa shape index (κ1) is 13.5. The smallest absolute Gasteiger partial charge is 0.230 e. The molecule has 2 rings (SSSR count). The van der Waals surface area contributed by atoms with Gasteiger partial charge >= 0.3 is 0 Å². The molecule has 0 unspecified atom stereocenters. The normalized spacial score (nSPS) is 10.3. The number of thiazole rings is 1. The summed E-state index contributed by atoms with van der Waals surface area (Å²) in [5, 5.41) is 8.57. The zero-order valence-electron chi connectivity index (χ0n) is 11.3. The summed E-state index contributed by atoms with van der Waals surface area (Å²) in [4.78, 5) is 16.2. The summed E-state index contributed by atoms with van der Waals surface area (Å²) < 4.78 is 0. The Morgan fingerprint density at radius 3 is 2.74 bits per heavy atom. The van der Waals surface area contributed by atoms with Crippen molar-refractivity contribution in [3.8, 4) is 0 Å². The van der Waals surface area contributed by atoms with Crippen LogP contribution in [0.15, 0.2) is 23.6 Å². The zero-order chi connectivity index (χ0) is 13.8. The molecule has 5 heteroatoms. The SMILES string of the molecule is CNc1nc(CC(=O)Nc2ccc(C)c(C)c2)cs1. The van der Waals surface area contributed by atoms with Crippen LogP contribution in [-0.4, -0.2) is 17.9 Å². The van der Waals surface area contributed by atoms with Gasteiger partial charge in [-0.3, -0.25) is 4.79 Å². The van der Waals surface area contributed by atoms with E-state index in [1.165, 1.54) is 22.5 Å². The number of hydrogen-bond acceptors (Lipinski definition) is 4. The summed E-state index contributed by atoms with van der Waals surface area (Å²) in [6, 6.07) is 5.90. The lowest BCUT2D eigenvalue weighted by molar-refractivity contribution is -0.115. The minimum atomic E-state index is -0.0452. The average Bonchev–Trinajstić information content (AvgIpc) is 2.81. The van der Waals surface area contributed by atoms with Crippen LogP contribution in [0, 0.1) is 13.8 Å². The first-order chi connectivity index (χ1) is 9.08. The fourth-order valence-electron chi connectivity index (χ4n) is 1.69. The predicted molar refractivity (Wildman–Crippen MR) is 79.9 cm³/mol. The van der Waals surface area contributed by atoms with Crippen LogP contribution < -0.4 is 10.6 Å². The van der Waals surface area contributed by atoms with Crippen LogP contribution in [0.25, 0.3) is 0 Å². The third-order valence-corrected chi connectivity index (χ3v) is 3.81. The van der Waals surface area contributed by atoms with E-state index in [9.17, 15) is 4.79 Å². The zero-order valence-corrected chi connectivity index (χ0v) is 12.1. The largest absolute Gasteiger partial charge is 0.365 e. The average molecular weight is 275 g/mol. The van der Waals surface area contributed by atoms with Gasteiger partial charge < -0.3 is 10.6 Å². The minimum Gasteiger partial charge on any atom is -0.365 e. The number of carbonyl (C=O) groups excluding carboxylic acids is 1. The van der Waals surface area contributed by atoms with Gasteiger partial charge in [0.25, 0.3) is 0 Å². The maximum atomic E-state index is 11.9. The van der Waals surface area contributed by atoms with Crippen molar-refractivity contribution in [2.75, 3.05) is 17.7 Å². The molecule has 1 aromatic carbocycles. The van der Waals surface area contributed by atoms with Gasteiger partial charge in [-0.2, -0.15) is 0 Å². The molecule has 0 aliphatic heterocycles. The van der Waals surface area contributed by atoms with Gasteiger partial charge in [0.1, 0.15) is 0 Å². The molecule has 0 aliphatic rings. The fourth-order valence-corrected chi connectivity index (χ4v) is 2.36. The van der Waals surface area contributed by atoms with Crippen LogP contribution in [0.2, 0.25) is 0 Å². The lowest BCUT2D eigenvalue weighted by Gasteiger charge is -2.06. The van der Waals surface area contributed by atoms with E-state index in [2.05, 4.69) is 22.5 Å². The Hall–Kier alpha value is -1.88. The highest BCUT2D eigenvalue weighted by atomic mass is 32.1. The Balaban J connectivity index is 1.98. The molecule has 0 spiro atoms. The van der Waals surface area contributed by atoms with Gasteiger partial charge in [-0.15, -0.1) is 11.3 Å². The van der Waals surface area contributed by atoms with E-state index in [1.807, 2.05) is 37.6 Å². The summed E-state index contributed by atoms with van der Waals surface area (Å²) in [6.45, 7) is 4.08. The number of anilines is 2. The molecule has 2 N–H and O–H groups in total. The molecule has 0 fully saturated rings. The number of aromatic nitrogens is 1. The second-order valence-electron chi connectivity index (χ2n) is 4.42. The molecule has 0 aliphatic carbocycles. The summed E-state index contributed by atoms with van der Waals surface area (Å²) in [6.07, 6.45) is 0.297. The van der Waals surface area contributed by atoms with Gasteiger partial charge in [-0.05, 0) is 37.1 Å². The third kappa shape index (κ3) is 3.54. The standard InChI is InChI=1S/C14H17N3OS/c1-9-4-5-11(6-10(9)2)16-13(18)7-12-8-19-14(15-3)17-12/h4-6,8H,7H2,1-3H3,(H,15,17)(H,16,18). The van der Waals surface area contributed by atoms with Crippen molar-refractivity contribution in [1.82, 2.24) is 4.98 Å². The number of nitrogens with zero attached hydrogens (tertiary/aromatic N) is 1. The Morgan fingerprint density at radius 2 is 2.11 bits per heavy atom. The monoisotopic (exact) mass is 275 g/mol. The molecule has 0 bridgehead atoms. The molecule has 4 nitrogen and oxygen atoms in total. The maximum Gasteiger partial charge on any atom is 0.230 e. The van der Waals surface area contributed by atoms with Crippen LogP contribution >= 0.6 is 11.3 Å². The Labute approximate surface area is 116 Å². The predicted octanol–water partition coefficient (Wildman–Crippen LogP) is 2.98. The molecule has 2 aromatic rings. The number of hydrogen-bond donors (Lipinski definition) is 2. The molecule has 1 heterocycles. The first-order valence-electron chi connectivity index (χ1n) is 6.07. The molecule has 0 radical (unpaired) electrons. The topological polar surface area (TPSA) is 54.0 Å². The second-order valence-corrected chi connectivity index (χ2v) is 5.28. The van der Waals surface area contributed by atoms with Gasteiger partial charge in [-0.25, -0.2) is 4.98 Å². The van der Waals surface area contributed by atoms with Gasteiger partial charge in [0.05, 0.1) is 12.1 Å². The number of carbonyl (C=O) groups is 1. The van der Waals surface area contributed by atoms with E-state index >= 15 is 0 Å². The molecule has 0 atom stereocenters. The summed E-state index contributed by atoms with van der Waals surface area (Å²) in [7, 11) is 1.82. The van der Waals surface area contributed by atoms with Crippen LogP contribution in [0.4, 0.5) is 10.8 Å². The molecule has 100 valence electrons. The van der Waals surface area contributed by atoms with Gasteiger partial charge in [0.15, 0.2) is 5.13 Å². The lowest BCUT2D eigenvalue weighted by atomic mass is 10.1. The van der Waals surface area contributed by atoms with E-state index in [0.717, 1.165) is 16.5 Å². The van der Waals surface area contributed by atoms with Crippen LogP contribution in [0.3, 0.4) is 0 Å². The summed E-state index contributed by atoms with van der Waals surface area (Å²) in [5.74, 6) is -0.0452. The van der Waals surface area contributed by atoms with Gasteiger partial charge in [-0.1, -0.05) is 6.07 Å². The molecule has 19 heavy (non-hydrogen) atoms. The molecular formula is C14H17N3OS. The van der Waals surface area contributed by atoms with Crippen molar-refractivity contribution in [3.63, 3.8) is 0 Å². The van der Waals surface area contributed by atoms with E-state index in [1.54, 1.807) is 0 Å². The van der Waals surface area contributed by atoms with Gasteiger partial charge in [0.2, 0.25) is 5.91 Å². The fraction of sp³-hybridized carbons (Fsp3) is 0.286. The third-order valence-electron chi connectivity index (χ3n) is 2.90. The Kier molecular flexibility index (Phi) is 4.16. The minimum absolute atomic E-state index is 0.0452. The lowest BCUT2D eigenvalue weighted by Crippen LogP contribution is -2.14. The molecule has 0 saturated heterocycles.